The van der Waals surface area contributed by atoms with E-state index in [1.807, 2.05) is 11.9 Å². The topological polar surface area (TPSA) is 44.8 Å². The van der Waals surface area contributed by atoms with Gasteiger partial charge in [0.1, 0.15) is 0 Å². The molecule has 2 fully saturated rings. The lowest BCUT2D eigenvalue weighted by atomic mass is 9.78. The molecular weight excluding hydrogens is 254 g/mol. The molecule has 0 radical (unpaired) electrons. The molecule has 116 valence electrons. The molecule has 20 heavy (non-hydrogen) atoms. The first-order valence-corrected chi connectivity index (χ1v) is 7.71. The summed E-state index contributed by atoms with van der Waals surface area (Å²) in [5.41, 5.74) is -0.306. The molecule has 1 N–H and O–H groups in total. The van der Waals surface area contributed by atoms with Crippen LogP contribution in [0.4, 0.5) is 0 Å². The van der Waals surface area contributed by atoms with E-state index in [9.17, 15) is 4.79 Å². The minimum Gasteiger partial charge on any atom is -0.384 e. The zero-order valence-corrected chi connectivity index (χ0v) is 13.2. The number of ether oxygens (including phenoxy) is 1. The number of nitrogens with zero attached hydrogens (tertiary/aromatic N) is 2. The largest absolute Gasteiger partial charge is 0.384 e. The van der Waals surface area contributed by atoms with Gasteiger partial charge in [0.15, 0.2) is 0 Å². The predicted molar refractivity (Wildman–Crippen MR) is 79.7 cm³/mol. The van der Waals surface area contributed by atoms with Crippen molar-refractivity contribution in [2.24, 2.45) is 11.3 Å². The third kappa shape index (κ3) is 3.51. The minimum atomic E-state index is -0.306. The van der Waals surface area contributed by atoms with Crippen molar-refractivity contribution in [3.05, 3.63) is 0 Å². The van der Waals surface area contributed by atoms with Gasteiger partial charge in [-0.1, -0.05) is 0 Å². The van der Waals surface area contributed by atoms with E-state index in [0.717, 1.165) is 45.6 Å². The Morgan fingerprint density at radius 3 is 2.70 bits per heavy atom. The summed E-state index contributed by atoms with van der Waals surface area (Å²) in [5.74, 6) is 0.894. The van der Waals surface area contributed by atoms with Gasteiger partial charge in [-0.3, -0.25) is 4.79 Å². The van der Waals surface area contributed by atoms with Crippen molar-refractivity contribution >= 4 is 5.91 Å². The average molecular weight is 283 g/mol. The fourth-order valence-corrected chi connectivity index (χ4v) is 3.65. The Bertz CT molecular complexity index is 324. The van der Waals surface area contributed by atoms with E-state index in [-0.39, 0.29) is 11.3 Å². The van der Waals surface area contributed by atoms with Crippen LogP contribution in [-0.2, 0) is 9.53 Å². The average Bonchev–Trinajstić information content (AvgIpc) is 2.84. The second kappa shape index (κ2) is 6.87. The molecule has 0 aliphatic carbocycles. The Hall–Kier alpha value is -0.650. The van der Waals surface area contributed by atoms with Crippen LogP contribution in [0, 0.1) is 11.3 Å². The van der Waals surface area contributed by atoms with E-state index in [0.29, 0.717) is 12.5 Å². The molecule has 2 heterocycles. The van der Waals surface area contributed by atoms with Gasteiger partial charge in [0.25, 0.3) is 0 Å². The summed E-state index contributed by atoms with van der Waals surface area (Å²) in [6, 6.07) is 0. The Balaban J connectivity index is 1.95. The molecule has 2 aliphatic rings. The van der Waals surface area contributed by atoms with Crippen LogP contribution in [-0.4, -0.2) is 76.2 Å². The maximum absolute atomic E-state index is 12.9. The van der Waals surface area contributed by atoms with E-state index >= 15 is 0 Å². The Morgan fingerprint density at radius 2 is 2.15 bits per heavy atom. The lowest BCUT2D eigenvalue weighted by Gasteiger charge is -2.39. The second-order valence-corrected chi connectivity index (χ2v) is 6.57. The smallest absolute Gasteiger partial charge is 0.230 e. The van der Waals surface area contributed by atoms with Crippen molar-refractivity contribution in [1.82, 2.24) is 15.1 Å². The highest BCUT2D eigenvalue weighted by Gasteiger charge is 2.41. The molecule has 1 unspecified atom stereocenters. The maximum atomic E-state index is 12.9. The van der Waals surface area contributed by atoms with E-state index in [4.69, 9.17) is 4.74 Å². The van der Waals surface area contributed by atoms with Crippen molar-refractivity contribution in [2.45, 2.75) is 19.3 Å². The van der Waals surface area contributed by atoms with Crippen LogP contribution in [0.5, 0.6) is 0 Å². The standard InChI is InChI=1S/C15H29N3O2/c1-17-9-4-13(10-17)11-18(2)14(19)15(12-20-3)5-7-16-8-6-15/h13,16H,4-12H2,1-3H3. The number of methoxy groups -OCH3 is 1. The van der Waals surface area contributed by atoms with Gasteiger partial charge in [0, 0.05) is 27.2 Å². The van der Waals surface area contributed by atoms with Gasteiger partial charge < -0.3 is 19.9 Å². The number of carbonyl (C=O) groups is 1. The highest BCUT2D eigenvalue weighted by molar-refractivity contribution is 5.83. The minimum absolute atomic E-state index is 0.274. The van der Waals surface area contributed by atoms with Crippen LogP contribution in [0.15, 0.2) is 0 Å². The van der Waals surface area contributed by atoms with Gasteiger partial charge in [0.2, 0.25) is 5.91 Å². The van der Waals surface area contributed by atoms with Crippen molar-refractivity contribution in [1.29, 1.82) is 0 Å². The molecule has 2 aliphatic heterocycles. The Labute approximate surface area is 122 Å². The van der Waals surface area contributed by atoms with Crippen LogP contribution in [0.25, 0.3) is 0 Å². The molecule has 0 aromatic rings. The monoisotopic (exact) mass is 283 g/mol. The number of rotatable bonds is 5. The number of carbonyl (C=O) groups excluding carboxylic acids is 1. The highest BCUT2D eigenvalue weighted by Crippen LogP contribution is 2.32. The van der Waals surface area contributed by atoms with Crippen LogP contribution >= 0.6 is 0 Å². The lowest BCUT2D eigenvalue weighted by Crippen LogP contribution is -2.51. The zero-order valence-electron chi connectivity index (χ0n) is 13.2. The summed E-state index contributed by atoms with van der Waals surface area (Å²) in [6.45, 7) is 5.50. The third-order valence-corrected chi connectivity index (χ3v) is 4.80. The fourth-order valence-electron chi connectivity index (χ4n) is 3.65. The number of hydrogen-bond donors (Lipinski definition) is 1. The molecular formula is C15H29N3O2. The molecule has 5 heteroatoms. The summed E-state index contributed by atoms with van der Waals surface area (Å²) in [4.78, 5) is 17.2. The number of likely N-dealkylation sites (tertiary alicyclic amines) is 1. The summed E-state index contributed by atoms with van der Waals surface area (Å²) in [5, 5.41) is 3.34. The molecule has 1 atom stereocenters. The van der Waals surface area contributed by atoms with Crippen molar-refractivity contribution in [3.63, 3.8) is 0 Å². The van der Waals surface area contributed by atoms with Gasteiger partial charge in [-0.05, 0) is 51.9 Å². The van der Waals surface area contributed by atoms with Crippen LogP contribution in [0.1, 0.15) is 19.3 Å². The van der Waals surface area contributed by atoms with Gasteiger partial charge >= 0.3 is 0 Å². The molecule has 2 rings (SSSR count). The Morgan fingerprint density at radius 1 is 1.45 bits per heavy atom. The number of hydrogen-bond acceptors (Lipinski definition) is 4. The molecule has 2 saturated heterocycles. The summed E-state index contributed by atoms with van der Waals surface area (Å²) >= 11 is 0. The summed E-state index contributed by atoms with van der Waals surface area (Å²) < 4.78 is 5.36. The number of nitrogens with one attached hydrogen (secondary N) is 1. The molecule has 5 nitrogen and oxygen atoms in total. The molecule has 0 spiro atoms. The molecule has 0 aromatic carbocycles. The summed E-state index contributed by atoms with van der Waals surface area (Å²) in [6.07, 6.45) is 2.97. The van der Waals surface area contributed by atoms with E-state index in [2.05, 4.69) is 17.3 Å². The lowest BCUT2D eigenvalue weighted by molar-refractivity contribution is -0.146. The summed E-state index contributed by atoms with van der Waals surface area (Å²) in [7, 11) is 5.81. The van der Waals surface area contributed by atoms with Crippen LogP contribution < -0.4 is 5.32 Å². The van der Waals surface area contributed by atoms with E-state index < -0.39 is 0 Å². The molecule has 0 saturated carbocycles. The number of piperidine rings is 1. The van der Waals surface area contributed by atoms with Crippen LogP contribution in [0.3, 0.4) is 0 Å². The zero-order chi connectivity index (χ0) is 14.6. The highest BCUT2D eigenvalue weighted by atomic mass is 16.5. The quantitative estimate of drug-likeness (QED) is 0.794. The van der Waals surface area contributed by atoms with Crippen molar-refractivity contribution < 1.29 is 9.53 Å². The van der Waals surface area contributed by atoms with E-state index in [1.165, 1.54) is 6.42 Å². The first kappa shape index (κ1) is 15.7. The first-order chi connectivity index (χ1) is 9.57. The van der Waals surface area contributed by atoms with Gasteiger partial charge in [-0.15, -0.1) is 0 Å². The van der Waals surface area contributed by atoms with Gasteiger partial charge in [-0.2, -0.15) is 0 Å². The normalized spacial score (nSPS) is 26.6. The predicted octanol–water partition coefficient (Wildman–Crippen LogP) is 0.413. The fraction of sp³-hybridized carbons (Fsp3) is 0.933. The maximum Gasteiger partial charge on any atom is 0.230 e. The SMILES string of the molecule is COCC1(C(=O)N(C)CC2CCN(C)C2)CCNCC1. The Kier molecular flexibility index (Phi) is 5.41. The van der Waals surface area contributed by atoms with Crippen LogP contribution in [0.2, 0.25) is 0 Å². The molecule has 0 aromatic heterocycles. The van der Waals surface area contributed by atoms with Gasteiger partial charge in [0.05, 0.1) is 12.0 Å². The number of amides is 1. The van der Waals surface area contributed by atoms with Crippen molar-refractivity contribution in [3.8, 4) is 0 Å². The molecule has 0 bridgehead atoms. The molecule has 1 amide bonds. The first-order valence-electron chi connectivity index (χ1n) is 7.71. The van der Waals surface area contributed by atoms with E-state index in [1.54, 1.807) is 7.11 Å². The van der Waals surface area contributed by atoms with Crippen molar-refractivity contribution in [2.75, 3.05) is 60.5 Å². The van der Waals surface area contributed by atoms with Gasteiger partial charge in [-0.25, -0.2) is 0 Å². The second-order valence-electron chi connectivity index (χ2n) is 6.57. The third-order valence-electron chi connectivity index (χ3n) is 4.80.